The van der Waals surface area contributed by atoms with E-state index in [1.54, 1.807) is 0 Å². The maximum absolute atomic E-state index is 12.1. The molecule has 1 aromatic carbocycles. The van der Waals surface area contributed by atoms with Gasteiger partial charge in [-0.25, -0.2) is 0 Å². The first-order valence-corrected chi connectivity index (χ1v) is 6.19. The first kappa shape index (κ1) is 12.1. The predicted octanol–water partition coefficient (Wildman–Crippen LogP) is 1.95. The molecule has 2 N–H and O–H groups in total. The number of nitrogens with zero attached hydrogens (tertiary/aromatic N) is 1. The number of amides is 1. The molecule has 1 saturated heterocycles. The van der Waals surface area contributed by atoms with Crippen molar-refractivity contribution in [3.63, 3.8) is 0 Å². The van der Waals surface area contributed by atoms with E-state index >= 15 is 0 Å². The Hall–Kier alpha value is -1.35. The van der Waals surface area contributed by atoms with Crippen molar-refractivity contribution in [1.82, 2.24) is 4.90 Å². The Balaban J connectivity index is 2.00. The molecule has 1 aromatic rings. The van der Waals surface area contributed by atoms with Crippen LogP contribution in [0.15, 0.2) is 24.3 Å². The second-order valence-electron chi connectivity index (χ2n) is 5.14. The number of benzene rings is 1. The lowest BCUT2D eigenvalue weighted by Gasteiger charge is -2.47. The van der Waals surface area contributed by atoms with E-state index in [1.807, 2.05) is 36.1 Å². The van der Waals surface area contributed by atoms with Gasteiger partial charge < -0.3 is 10.6 Å². The van der Waals surface area contributed by atoms with Gasteiger partial charge in [0.2, 0.25) is 0 Å². The summed E-state index contributed by atoms with van der Waals surface area (Å²) < 4.78 is 0. The summed E-state index contributed by atoms with van der Waals surface area (Å²) in [6, 6.07) is 7.71. The van der Waals surface area contributed by atoms with Gasteiger partial charge in [0.05, 0.1) is 5.54 Å². The average molecular weight is 232 g/mol. The molecular formula is C14H20N2O. The highest BCUT2D eigenvalue weighted by atomic mass is 16.2. The summed E-state index contributed by atoms with van der Waals surface area (Å²) in [4.78, 5) is 14.0. The quantitative estimate of drug-likeness (QED) is 0.865. The Bertz CT molecular complexity index is 422. The first-order chi connectivity index (χ1) is 8.04. The van der Waals surface area contributed by atoms with Crippen molar-refractivity contribution in [1.29, 1.82) is 0 Å². The third-order valence-corrected chi connectivity index (χ3v) is 3.31. The van der Waals surface area contributed by atoms with Crippen LogP contribution in [0.2, 0.25) is 0 Å². The minimum absolute atomic E-state index is 0.103. The van der Waals surface area contributed by atoms with Crippen LogP contribution in [0.4, 0.5) is 0 Å². The highest BCUT2D eigenvalue weighted by Gasteiger charge is 2.41. The zero-order valence-electron chi connectivity index (χ0n) is 10.6. The number of aryl methyl sites for hydroxylation is 1. The monoisotopic (exact) mass is 232 g/mol. The van der Waals surface area contributed by atoms with Crippen molar-refractivity contribution in [2.24, 2.45) is 5.73 Å². The Labute approximate surface area is 103 Å². The zero-order chi connectivity index (χ0) is 12.5. The van der Waals surface area contributed by atoms with E-state index in [9.17, 15) is 4.79 Å². The van der Waals surface area contributed by atoms with Gasteiger partial charge in [0.15, 0.2) is 0 Å². The maximum atomic E-state index is 12.1. The second-order valence-corrected chi connectivity index (χ2v) is 5.14. The van der Waals surface area contributed by atoms with E-state index in [0.29, 0.717) is 13.1 Å². The van der Waals surface area contributed by atoms with Gasteiger partial charge in [0.25, 0.3) is 5.91 Å². The molecule has 1 aliphatic heterocycles. The van der Waals surface area contributed by atoms with Crippen LogP contribution in [0.3, 0.4) is 0 Å². The fourth-order valence-electron chi connectivity index (χ4n) is 2.47. The Morgan fingerprint density at radius 3 is 2.76 bits per heavy atom. The molecule has 0 aromatic heterocycles. The highest BCUT2D eigenvalue weighted by molar-refractivity contribution is 5.95. The lowest BCUT2D eigenvalue weighted by Crippen LogP contribution is -2.68. The van der Waals surface area contributed by atoms with E-state index in [-0.39, 0.29) is 11.4 Å². The van der Waals surface area contributed by atoms with Crippen molar-refractivity contribution in [3.8, 4) is 0 Å². The SMILES string of the molecule is CCCC1(N)CN(C(=O)c2cccc(C)c2)C1. The zero-order valence-corrected chi connectivity index (χ0v) is 10.6. The number of hydrogen-bond acceptors (Lipinski definition) is 2. The summed E-state index contributed by atoms with van der Waals surface area (Å²) in [5.74, 6) is 0.103. The summed E-state index contributed by atoms with van der Waals surface area (Å²) in [7, 11) is 0. The molecule has 0 atom stereocenters. The topological polar surface area (TPSA) is 46.3 Å². The van der Waals surface area contributed by atoms with Gasteiger partial charge in [-0.05, 0) is 25.5 Å². The van der Waals surface area contributed by atoms with Gasteiger partial charge in [-0.3, -0.25) is 4.79 Å². The molecule has 0 radical (unpaired) electrons. The Morgan fingerprint density at radius 1 is 1.47 bits per heavy atom. The van der Waals surface area contributed by atoms with Gasteiger partial charge >= 0.3 is 0 Å². The van der Waals surface area contributed by atoms with Gasteiger partial charge in [-0.1, -0.05) is 31.0 Å². The van der Waals surface area contributed by atoms with E-state index in [0.717, 1.165) is 24.0 Å². The number of rotatable bonds is 3. The molecule has 1 fully saturated rings. The third-order valence-electron chi connectivity index (χ3n) is 3.31. The molecule has 0 unspecified atom stereocenters. The number of carbonyl (C=O) groups is 1. The van der Waals surface area contributed by atoms with Gasteiger partial charge in [0.1, 0.15) is 0 Å². The van der Waals surface area contributed by atoms with Gasteiger partial charge in [-0.2, -0.15) is 0 Å². The molecule has 17 heavy (non-hydrogen) atoms. The Kier molecular flexibility index (Phi) is 3.20. The van der Waals surface area contributed by atoms with Crippen molar-refractivity contribution < 1.29 is 4.79 Å². The van der Waals surface area contributed by atoms with Gasteiger partial charge in [0, 0.05) is 18.7 Å². The van der Waals surface area contributed by atoms with Crippen LogP contribution < -0.4 is 5.73 Å². The predicted molar refractivity (Wildman–Crippen MR) is 68.9 cm³/mol. The Morgan fingerprint density at radius 2 is 2.18 bits per heavy atom. The van der Waals surface area contributed by atoms with E-state index in [4.69, 9.17) is 5.73 Å². The molecule has 3 heteroatoms. The van der Waals surface area contributed by atoms with Crippen molar-refractivity contribution >= 4 is 5.91 Å². The largest absolute Gasteiger partial charge is 0.335 e. The van der Waals surface area contributed by atoms with Gasteiger partial charge in [-0.15, -0.1) is 0 Å². The van der Waals surface area contributed by atoms with Crippen LogP contribution in [0.5, 0.6) is 0 Å². The lowest BCUT2D eigenvalue weighted by atomic mass is 9.86. The van der Waals surface area contributed by atoms with Crippen molar-refractivity contribution in [2.45, 2.75) is 32.2 Å². The number of likely N-dealkylation sites (tertiary alicyclic amines) is 1. The van der Waals surface area contributed by atoms with Crippen LogP contribution in [0, 0.1) is 6.92 Å². The molecular weight excluding hydrogens is 212 g/mol. The number of nitrogens with two attached hydrogens (primary N) is 1. The molecule has 92 valence electrons. The molecule has 1 amide bonds. The summed E-state index contributed by atoms with van der Waals surface area (Å²) in [6.45, 7) is 5.50. The lowest BCUT2D eigenvalue weighted by molar-refractivity contribution is 0.0386. The average Bonchev–Trinajstić information content (AvgIpc) is 2.25. The second kappa shape index (κ2) is 4.49. The normalized spacial score (nSPS) is 17.7. The van der Waals surface area contributed by atoms with Crippen molar-refractivity contribution in [3.05, 3.63) is 35.4 Å². The molecule has 1 aliphatic rings. The number of hydrogen-bond donors (Lipinski definition) is 1. The number of carbonyl (C=O) groups excluding carboxylic acids is 1. The third kappa shape index (κ3) is 2.50. The molecule has 2 rings (SSSR count). The van der Waals surface area contributed by atoms with E-state index in [2.05, 4.69) is 6.92 Å². The van der Waals surface area contributed by atoms with E-state index in [1.165, 1.54) is 0 Å². The van der Waals surface area contributed by atoms with Crippen LogP contribution in [-0.2, 0) is 0 Å². The molecule has 0 spiro atoms. The first-order valence-electron chi connectivity index (χ1n) is 6.19. The molecule has 0 saturated carbocycles. The molecule has 3 nitrogen and oxygen atoms in total. The van der Waals surface area contributed by atoms with Crippen LogP contribution in [0.1, 0.15) is 35.7 Å². The van der Waals surface area contributed by atoms with Crippen LogP contribution in [-0.4, -0.2) is 29.4 Å². The van der Waals surface area contributed by atoms with Crippen LogP contribution >= 0.6 is 0 Å². The van der Waals surface area contributed by atoms with Crippen LogP contribution in [0.25, 0.3) is 0 Å². The smallest absolute Gasteiger partial charge is 0.253 e. The fourth-order valence-corrected chi connectivity index (χ4v) is 2.47. The van der Waals surface area contributed by atoms with E-state index < -0.39 is 0 Å². The summed E-state index contributed by atoms with van der Waals surface area (Å²) in [5, 5.41) is 0. The standard InChI is InChI=1S/C14H20N2O/c1-3-7-14(15)9-16(10-14)13(17)12-6-4-5-11(2)8-12/h4-6,8H,3,7,9-10,15H2,1-2H3. The summed E-state index contributed by atoms with van der Waals surface area (Å²) in [5.41, 5.74) is 7.89. The summed E-state index contributed by atoms with van der Waals surface area (Å²) in [6.07, 6.45) is 2.06. The molecule has 0 aliphatic carbocycles. The molecule has 0 bridgehead atoms. The minimum atomic E-state index is -0.145. The molecule has 1 heterocycles. The fraction of sp³-hybridized carbons (Fsp3) is 0.500. The summed E-state index contributed by atoms with van der Waals surface area (Å²) >= 11 is 0. The van der Waals surface area contributed by atoms with Crippen molar-refractivity contribution in [2.75, 3.05) is 13.1 Å². The maximum Gasteiger partial charge on any atom is 0.253 e. The minimum Gasteiger partial charge on any atom is -0.335 e. The highest BCUT2D eigenvalue weighted by Crippen LogP contribution is 2.25.